The van der Waals surface area contributed by atoms with Crippen molar-refractivity contribution in [3.05, 3.63) is 80.5 Å². The molecule has 0 N–H and O–H groups in total. The molecule has 0 aromatic heterocycles. The zero-order valence-corrected chi connectivity index (χ0v) is 25.2. The van der Waals surface area contributed by atoms with Crippen molar-refractivity contribution < 1.29 is 24.5 Å². The van der Waals surface area contributed by atoms with Gasteiger partial charge in [0.1, 0.15) is 12.2 Å². The minimum Gasteiger partial charge on any atom is -0.851 e. The molecule has 2 atom stereocenters. The Morgan fingerprint density at radius 1 is 0.837 bits per heavy atom. The van der Waals surface area contributed by atoms with Gasteiger partial charge in [-0.15, -0.1) is 12.2 Å². The van der Waals surface area contributed by atoms with Crippen LogP contribution in [-0.4, -0.2) is 76.3 Å². The van der Waals surface area contributed by atoms with Crippen LogP contribution in [0, 0.1) is 0 Å². The summed E-state index contributed by atoms with van der Waals surface area (Å²) in [6.07, 6.45) is -2.12. The number of hydrogen-bond donors (Lipinski definition) is 0. The maximum atomic E-state index is 13.2. The first-order chi connectivity index (χ1) is 20.6. The van der Waals surface area contributed by atoms with E-state index >= 15 is 0 Å². The predicted molar refractivity (Wildman–Crippen MR) is 161 cm³/mol. The van der Waals surface area contributed by atoms with Crippen molar-refractivity contribution in [2.24, 2.45) is 10.2 Å². The lowest BCUT2D eigenvalue weighted by Crippen LogP contribution is -2.63. The van der Waals surface area contributed by atoms with Crippen LogP contribution in [0.5, 0.6) is 0 Å². The fourth-order valence-corrected chi connectivity index (χ4v) is 5.21. The molecule has 2 aromatic carbocycles. The maximum absolute atomic E-state index is 13.2. The number of nitrogens with zero attached hydrogens (tertiary/aromatic N) is 8. The molecular weight excluding hydrogens is 552 g/mol. The largest absolute Gasteiger partial charge is 0.851 e. The molecule has 3 rings (SSSR count). The summed E-state index contributed by atoms with van der Waals surface area (Å²) in [7, 11) is 0. The number of rotatable bonds is 16. The second-order valence-electron chi connectivity index (χ2n) is 11.3. The van der Waals surface area contributed by atoms with Gasteiger partial charge in [0, 0.05) is 60.5 Å². The number of hydrogen-bond acceptors (Lipinski definition) is 9. The van der Waals surface area contributed by atoms with Crippen LogP contribution in [0.25, 0.3) is 20.9 Å². The van der Waals surface area contributed by atoms with Crippen LogP contribution in [-0.2, 0) is 14.3 Å². The Kier molecular flexibility index (Phi) is 12.5. The smallest absolute Gasteiger partial charge is 0.332 e. The van der Waals surface area contributed by atoms with Gasteiger partial charge < -0.3 is 29.5 Å². The predicted octanol–water partition coefficient (Wildman–Crippen LogP) is 3.64. The van der Waals surface area contributed by atoms with E-state index in [-0.39, 0.29) is 19.8 Å². The number of anilines is 2. The first-order valence-corrected chi connectivity index (χ1v) is 14.4. The molecule has 43 heavy (non-hydrogen) atoms. The van der Waals surface area contributed by atoms with Gasteiger partial charge in [-0.2, -0.15) is 0 Å². The Labute approximate surface area is 252 Å². The number of ether oxygens (including phenoxy) is 2. The van der Waals surface area contributed by atoms with Crippen LogP contribution in [0.3, 0.4) is 0 Å². The van der Waals surface area contributed by atoms with E-state index < -0.39 is 35.6 Å². The molecule has 13 heteroatoms. The minimum absolute atomic E-state index is 0.171. The molecule has 1 aliphatic rings. The van der Waals surface area contributed by atoms with Crippen molar-refractivity contribution in [2.75, 3.05) is 62.3 Å². The van der Waals surface area contributed by atoms with E-state index in [0.717, 1.165) is 23.5 Å². The van der Waals surface area contributed by atoms with Gasteiger partial charge in [0.2, 0.25) is 0 Å². The van der Waals surface area contributed by atoms with Gasteiger partial charge >= 0.3 is 5.97 Å². The van der Waals surface area contributed by atoms with E-state index in [2.05, 4.69) is 25.0 Å². The van der Waals surface area contributed by atoms with E-state index in [0.29, 0.717) is 31.7 Å². The molecule has 1 saturated carbocycles. The highest BCUT2D eigenvalue weighted by Crippen LogP contribution is 2.45. The van der Waals surface area contributed by atoms with Crippen LogP contribution in [0.15, 0.2) is 58.8 Å². The van der Waals surface area contributed by atoms with Crippen LogP contribution in [0.1, 0.15) is 50.7 Å². The molecular formula is C30H40N8O5-2. The molecule has 2 unspecified atom stereocenters. The Bertz CT molecular complexity index is 1260. The summed E-state index contributed by atoms with van der Waals surface area (Å²) in [5.41, 5.74) is 19.8. The highest BCUT2D eigenvalue weighted by atomic mass is 16.6. The fourth-order valence-electron chi connectivity index (χ4n) is 5.21. The molecule has 0 heterocycles. The normalized spacial score (nSPS) is 19.4. The van der Waals surface area contributed by atoms with E-state index in [1.165, 1.54) is 0 Å². The Morgan fingerprint density at radius 2 is 1.30 bits per heavy atom. The maximum Gasteiger partial charge on any atom is 0.332 e. The number of benzene rings is 2. The lowest BCUT2D eigenvalue weighted by Gasteiger charge is -2.61. The monoisotopic (exact) mass is 592 g/mol. The summed E-state index contributed by atoms with van der Waals surface area (Å²) in [4.78, 5) is 21.5. The van der Waals surface area contributed by atoms with Crippen molar-refractivity contribution in [1.29, 1.82) is 0 Å². The van der Waals surface area contributed by atoms with Gasteiger partial charge in [-0.25, -0.2) is 4.79 Å². The number of carbonyl (C=O) groups excluding carboxylic acids is 1. The molecule has 232 valence electrons. The zero-order valence-electron chi connectivity index (χ0n) is 25.2. The third kappa shape index (κ3) is 9.51. The molecule has 1 fully saturated rings. The second kappa shape index (κ2) is 16.0. The third-order valence-electron chi connectivity index (χ3n) is 7.30. The van der Waals surface area contributed by atoms with E-state index in [1.807, 2.05) is 48.2 Å². The third-order valence-corrected chi connectivity index (χ3v) is 7.30. The number of likely N-dealkylation sites (N-methyl/N-ethyl adjacent to an activating group) is 1. The van der Waals surface area contributed by atoms with Crippen LogP contribution in [0.4, 0.5) is 11.4 Å². The van der Waals surface area contributed by atoms with Gasteiger partial charge in [-0.05, 0) is 86.0 Å². The topological polar surface area (TPSA) is 186 Å². The lowest BCUT2D eigenvalue weighted by molar-refractivity contribution is -0.536. The minimum atomic E-state index is -1.06. The number of esters is 1. The van der Waals surface area contributed by atoms with Crippen LogP contribution < -0.4 is 20.0 Å². The van der Waals surface area contributed by atoms with E-state index in [9.17, 15) is 15.0 Å². The standard InChI is InChI=1S/C30H40N8O5/c1-5-37(16-14-33-35-31)23-10-6-21(7-11-23)26-28(40)27(29(26)41)22-8-12-24(13-9-22)38(17-15-34-36-32)18-19-42-20-25(39)43-30(2,3)4/h6-13,26-29H,5,14-20H2,1-4H3/q-2. The lowest BCUT2D eigenvalue weighted by atomic mass is 9.63. The van der Waals surface area contributed by atoms with Crippen molar-refractivity contribution >= 4 is 17.3 Å². The SMILES string of the molecule is CCN(CCN=[N+]=[N-])c1ccc(C2C([O-])C(c3ccc(N(CCN=[N+]=[N-])CCOCC(=O)OC(C)(C)C)cc3)C2[O-])cc1. The van der Waals surface area contributed by atoms with Crippen molar-refractivity contribution in [1.82, 2.24) is 0 Å². The average molecular weight is 593 g/mol. The van der Waals surface area contributed by atoms with E-state index in [1.54, 1.807) is 32.9 Å². The first kappa shape index (κ1) is 33.5. The van der Waals surface area contributed by atoms with Crippen molar-refractivity contribution in [3.8, 4) is 0 Å². The van der Waals surface area contributed by atoms with Crippen LogP contribution in [0.2, 0.25) is 0 Å². The summed E-state index contributed by atoms with van der Waals surface area (Å²) in [5, 5.41) is 33.7. The molecule has 0 spiro atoms. The van der Waals surface area contributed by atoms with Gasteiger partial charge in [0.15, 0.2) is 0 Å². The quantitative estimate of drug-likeness (QED) is 0.0935. The van der Waals surface area contributed by atoms with Gasteiger partial charge in [-0.3, -0.25) is 0 Å². The molecule has 0 saturated heterocycles. The van der Waals surface area contributed by atoms with Crippen molar-refractivity contribution in [2.45, 2.75) is 57.3 Å². The molecule has 0 radical (unpaired) electrons. The molecule has 0 bridgehead atoms. The number of azide groups is 2. The highest BCUT2D eigenvalue weighted by molar-refractivity contribution is 5.71. The highest BCUT2D eigenvalue weighted by Gasteiger charge is 2.38. The summed E-state index contributed by atoms with van der Waals surface area (Å²) in [5.74, 6) is -1.72. The molecule has 2 aromatic rings. The van der Waals surface area contributed by atoms with Gasteiger partial charge in [-0.1, -0.05) is 34.5 Å². The average Bonchev–Trinajstić information content (AvgIpc) is 2.97. The van der Waals surface area contributed by atoms with Gasteiger partial charge in [0.05, 0.1) is 6.61 Å². The Morgan fingerprint density at radius 3 is 1.74 bits per heavy atom. The summed E-state index contributed by atoms with van der Waals surface area (Å²) in [6.45, 7) is 10.2. The molecule has 1 aliphatic carbocycles. The Balaban J connectivity index is 1.61. The summed E-state index contributed by atoms with van der Waals surface area (Å²) < 4.78 is 10.7. The van der Waals surface area contributed by atoms with Gasteiger partial charge in [0.25, 0.3) is 0 Å². The summed E-state index contributed by atoms with van der Waals surface area (Å²) >= 11 is 0. The summed E-state index contributed by atoms with van der Waals surface area (Å²) in [6, 6.07) is 14.8. The van der Waals surface area contributed by atoms with E-state index in [4.69, 9.17) is 20.5 Å². The first-order valence-electron chi connectivity index (χ1n) is 14.4. The molecule has 13 nitrogen and oxygen atoms in total. The second-order valence-corrected chi connectivity index (χ2v) is 11.3. The van der Waals surface area contributed by atoms with Crippen LogP contribution >= 0.6 is 0 Å². The van der Waals surface area contributed by atoms with Crippen molar-refractivity contribution in [3.63, 3.8) is 0 Å². The molecule has 0 aliphatic heterocycles. The molecule has 0 amide bonds. The number of carbonyl (C=O) groups is 1. The Hall–Kier alpha value is -3.99. The zero-order chi connectivity index (χ0) is 31.4. The fraction of sp³-hybridized carbons (Fsp3) is 0.567.